The number of aryl methyl sites for hydroxylation is 1. The summed E-state index contributed by atoms with van der Waals surface area (Å²) in [6.07, 6.45) is 6.08. The second-order valence-corrected chi connectivity index (χ2v) is 7.59. The largest absolute Gasteiger partial charge is 0.508 e. The predicted molar refractivity (Wildman–Crippen MR) is 110 cm³/mol. The van der Waals surface area contributed by atoms with Gasteiger partial charge < -0.3 is 20.1 Å². The molecule has 0 aromatic heterocycles. The van der Waals surface area contributed by atoms with Crippen LogP contribution in [0.1, 0.15) is 56.2 Å². The van der Waals surface area contributed by atoms with Gasteiger partial charge in [-0.15, -0.1) is 0 Å². The molecule has 1 aliphatic heterocycles. The van der Waals surface area contributed by atoms with Gasteiger partial charge in [0.2, 0.25) is 0 Å². The number of phenols is 1. The minimum Gasteiger partial charge on any atom is -0.508 e. The summed E-state index contributed by atoms with van der Waals surface area (Å²) >= 11 is 0. The van der Waals surface area contributed by atoms with Crippen molar-refractivity contribution in [2.75, 3.05) is 26.2 Å². The molecule has 1 fully saturated rings. The first-order valence-electron chi connectivity index (χ1n) is 10.7. The van der Waals surface area contributed by atoms with Crippen LogP contribution in [0.3, 0.4) is 0 Å². The average Bonchev–Trinajstić information content (AvgIpc) is 2.72. The number of piperidine rings is 1. The number of carbonyl (C=O) groups is 1. The van der Waals surface area contributed by atoms with E-state index in [0.717, 1.165) is 56.8 Å². The van der Waals surface area contributed by atoms with Gasteiger partial charge in [-0.2, -0.15) is 0 Å². The van der Waals surface area contributed by atoms with E-state index in [1.807, 2.05) is 13.0 Å². The number of fused-ring (bicyclic) bond motifs is 1. The lowest BCUT2D eigenvalue weighted by atomic mass is 9.88. The van der Waals surface area contributed by atoms with Gasteiger partial charge in [-0.25, -0.2) is 4.99 Å². The maximum atomic E-state index is 12.0. The Morgan fingerprint density at radius 2 is 2.00 bits per heavy atom. The summed E-state index contributed by atoms with van der Waals surface area (Å²) < 4.78 is 5.16. The molecule has 0 amide bonds. The molecular formula is C22H33N3O3. The molecule has 6 nitrogen and oxygen atoms in total. The number of ether oxygens (including phenoxy) is 1. The van der Waals surface area contributed by atoms with E-state index >= 15 is 0 Å². The van der Waals surface area contributed by atoms with Crippen LogP contribution >= 0.6 is 0 Å². The van der Waals surface area contributed by atoms with E-state index in [-0.39, 0.29) is 11.9 Å². The van der Waals surface area contributed by atoms with E-state index in [2.05, 4.69) is 23.2 Å². The number of likely N-dealkylation sites (tertiary alicyclic amines) is 1. The van der Waals surface area contributed by atoms with Gasteiger partial charge in [-0.3, -0.25) is 4.79 Å². The van der Waals surface area contributed by atoms with Crippen molar-refractivity contribution in [1.29, 1.82) is 0 Å². The van der Waals surface area contributed by atoms with Crippen molar-refractivity contribution in [3.8, 4) is 5.75 Å². The highest BCUT2D eigenvalue weighted by atomic mass is 16.5. The fourth-order valence-corrected chi connectivity index (χ4v) is 4.24. The highest BCUT2D eigenvalue weighted by molar-refractivity contribution is 5.80. The Balaban J connectivity index is 1.70. The number of phenolic OH excluding ortho intramolecular Hbond substituents is 1. The summed E-state index contributed by atoms with van der Waals surface area (Å²) in [4.78, 5) is 19.0. The highest BCUT2D eigenvalue weighted by Crippen LogP contribution is 2.31. The molecule has 1 aromatic carbocycles. The van der Waals surface area contributed by atoms with Crippen LogP contribution in [0.4, 0.5) is 0 Å². The van der Waals surface area contributed by atoms with Gasteiger partial charge in [0, 0.05) is 25.2 Å². The zero-order valence-corrected chi connectivity index (χ0v) is 17.2. The second kappa shape index (κ2) is 9.80. The summed E-state index contributed by atoms with van der Waals surface area (Å²) in [5.74, 6) is 1.12. The van der Waals surface area contributed by atoms with Gasteiger partial charge in [-0.05, 0) is 69.6 Å². The third kappa shape index (κ3) is 4.78. The van der Waals surface area contributed by atoms with Gasteiger partial charge >= 0.3 is 5.97 Å². The number of nitrogens with zero attached hydrogens (tertiary/aromatic N) is 2. The summed E-state index contributed by atoms with van der Waals surface area (Å²) in [7, 11) is 0. The van der Waals surface area contributed by atoms with Crippen molar-refractivity contribution in [3.63, 3.8) is 0 Å². The van der Waals surface area contributed by atoms with E-state index in [1.54, 1.807) is 0 Å². The van der Waals surface area contributed by atoms with Gasteiger partial charge in [0.05, 0.1) is 19.1 Å². The van der Waals surface area contributed by atoms with E-state index in [4.69, 9.17) is 9.73 Å². The number of hydrogen-bond donors (Lipinski definition) is 2. The van der Waals surface area contributed by atoms with E-state index < -0.39 is 0 Å². The van der Waals surface area contributed by atoms with Crippen molar-refractivity contribution in [2.45, 2.75) is 58.9 Å². The van der Waals surface area contributed by atoms with Crippen LogP contribution in [-0.2, 0) is 28.9 Å². The smallest absolute Gasteiger partial charge is 0.309 e. The number of aromatic hydroxyl groups is 1. The predicted octanol–water partition coefficient (Wildman–Crippen LogP) is 3.01. The Kier molecular flexibility index (Phi) is 7.18. The van der Waals surface area contributed by atoms with Crippen LogP contribution in [0.25, 0.3) is 0 Å². The zero-order valence-electron chi connectivity index (χ0n) is 17.2. The van der Waals surface area contributed by atoms with Crippen molar-refractivity contribution >= 4 is 11.9 Å². The lowest BCUT2D eigenvalue weighted by molar-refractivity contribution is -0.149. The maximum Gasteiger partial charge on any atom is 0.309 e. The average molecular weight is 388 g/mol. The van der Waals surface area contributed by atoms with Crippen LogP contribution in [0.15, 0.2) is 17.1 Å². The zero-order chi connectivity index (χ0) is 19.9. The summed E-state index contributed by atoms with van der Waals surface area (Å²) in [6.45, 7) is 7.19. The molecule has 28 heavy (non-hydrogen) atoms. The van der Waals surface area contributed by atoms with Crippen LogP contribution in [0, 0.1) is 5.92 Å². The Bertz CT molecular complexity index is 709. The summed E-state index contributed by atoms with van der Waals surface area (Å²) in [6, 6.07) is 3.87. The minimum atomic E-state index is -0.0788. The monoisotopic (exact) mass is 387 g/mol. The number of benzene rings is 1. The molecule has 0 atom stereocenters. The maximum absolute atomic E-state index is 12.0. The number of hydrogen-bond acceptors (Lipinski definition) is 4. The first-order valence-corrected chi connectivity index (χ1v) is 10.7. The molecule has 6 heteroatoms. The van der Waals surface area contributed by atoms with Crippen LogP contribution in [0.5, 0.6) is 5.75 Å². The van der Waals surface area contributed by atoms with Gasteiger partial charge in [0.15, 0.2) is 5.96 Å². The number of nitrogens with one attached hydrogen (secondary N) is 1. The number of esters is 1. The Morgan fingerprint density at radius 3 is 2.71 bits per heavy atom. The van der Waals surface area contributed by atoms with E-state index in [0.29, 0.717) is 18.9 Å². The standard InChI is InChI=1S/C22H33N3O3/c1-3-23-22(25-13-11-17(12-14-25)21(27)28-4-2)24-15-19-18-8-6-5-7-16(18)9-10-20(19)26/h9-10,17,26H,3-8,11-15H2,1-2H3,(H,23,24). The van der Waals surface area contributed by atoms with Crippen molar-refractivity contribution in [2.24, 2.45) is 10.9 Å². The molecule has 0 radical (unpaired) electrons. The fourth-order valence-electron chi connectivity index (χ4n) is 4.24. The molecule has 1 saturated heterocycles. The Labute approximate surface area is 168 Å². The van der Waals surface area contributed by atoms with E-state index in [9.17, 15) is 9.90 Å². The molecule has 1 aromatic rings. The number of rotatable bonds is 5. The third-order valence-electron chi connectivity index (χ3n) is 5.76. The fraction of sp³-hybridized carbons (Fsp3) is 0.636. The molecule has 1 aliphatic carbocycles. The molecule has 0 unspecified atom stereocenters. The minimum absolute atomic E-state index is 0.00994. The molecular weight excluding hydrogens is 354 g/mol. The number of carbonyl (C=O) groups excluding carboxylic acids is 1. The Hall–Kier alpha value is -2.24. The molecule has 0 bridgehead atoms. The Morgan fingerprint density at radius 1 is 1.25 bits per heavy atom. The summed E-state index contributed by atoms with van der Waals surface area (Å²) in [5.41, 5.74) is 3.61. The topological polar surface area (TPSA) is 74.2 Å². The summed E-state index contributed by atoms with van der Waals surface area (Å²) in [5, 5.41) is 13.8. The molecule has 2 N–H and O–H groups in total. The van der Waals surface area contributed by atoms with Crippen LogP contribution in [0.2, 0.25) is 0 Å². The molecule has 3 rings (SSSR count). The van der Waals surface area contributed by atoms with Gasteiger partial charge in [0.25, 0.3) is 0 Å². The molecule has 0 saturated carbocycles. The highest BCUT2D eigenvalue weighted by Gasteiger charge is 2.27. The van der Waals surface area contributed by atoms with Crippen molar-refractivity contribution in [3.05, 3.63) is 28.8 Å². The molecule has 0 spiro atoms. The van der Waals surface area contributed by atoms with Gasteiger partial charge in [0.1, 0.15) is 5.75 Å². The van der Waals surface area contributed by atoms with Crippen LogP contribution in [-0.4, -0.2) is 48.2 Å². The van der Waals surface area contributed by atoms with Crippen LogP contribution < -0.4 is 5.32 Å². The second-order valence-electron chi connectivity index (χ2n) is 7.59. The molecule has 1 heterocycles. The SMILES string of the molecule is CCNC(=NCc1c(O)ccc2c1CCCC2)N1CCC(C(=O)OCC)CC1. The quantitative estimate of drug-likeness (QED) is 0.462. The van der Waals surface area contributed by atoms with E-state index in [1.165, 1.54) is 24.0 Å². The molecule has 2 aliphatic rings. The normalized spacial score (nSPS) is 17.9. The van der Waals surface area contributed by atoms with Crippen molar-refractivity contribution < 1.29 is 14.6 Å². The van der Waals surface area contributed by atoms with Crippen molar-refractivity contribution in [1.82, 2.24) is 10.2 Å². The third-order valence-corrected chi connectivity index (χ3v) is 5.76. The lowest BCUT2D eigenvalue weighted by Gasteiger charge is -2.33. The van der Waals surface area contributed by atoms with Gasteiger partial charge in [-0.1, -0.05) is 6.07 Å². The number of aliphatic imine (C=N–C) groups is 1. The lowest BCUT2D eigenvalue weighted by Crippen LogP contribution is -2.46. The number of guanidine groups is 1. The molecule has 154 valence electrons. The first kappa shape index (κ1) is 20.5. The first-order chi connectivity index (χ1) is 13.6.